The molecule has 0 spiro atoms. The van der Waals surface area contributed by atoms with Crippen molar-refractivity contribution in [1.29, 1.82) is 0 Å². The maximum atomic E-state index is 12.6. The summed E-state index contributed by atoms with van der Waals surface area (Å²) in [5, 5.41) is 3.35. The molecule has 1 nitrogen and oxygen atoms in total. The van der Waals surface area contributed by atoms with Gasteiger partial charge in [0.15, 0.2) is 0 Å². The highest BCUT2D eigenvalue weighted by Crippen LogP contribution is 2.34. The topological polar surface area (TPSA) is 12.0 Å². The van der Waals surface area contributed by atoms with Gasteiger partial charge in [0.2, 0.25) is 0 Å². The van der Waals surface area contributed by atoms with Gasteiger partial charge in [-0.1, -0.05) is 23.8 Å². The summed E-state index contributed by atoms with van der Waals surface area (Å²) in [6, 6.07) is 3.38. The smallest absolute Gasteiger partial charge is 0.378 e. The summed E-state index contributed by atoms with van der Waals surface area (Å²) in [4.78, 5) is 0. The lowest BCUT2D eigenvalue weighted by atomic mass is 10.0. The Labute approximate surface area is 109 Å². The van der Waals surface area contributed by atoms with Gasteiger partial charge in [0.1, 0.15) is 0 Å². The molecule has 1 N–H and O–H groups in total. The number of anilines is 1. The fourth-order valence-electron chi connectivity index (χ4n) is 1.94. The van der Waals surface area contributed by atoms with Gasteiger partial charge < -0.3 is 5.32 Å². The molecule has 1 atom stereocenters. The lowest BCUT2D eigenvalue weighted by Crippen LogP contribution is -2.19. The summed E-state index contributed by atoms with van der Waals surface area (Å²) >= 11 is 5.91. The van der Waals surface area contributed by atoms with Crippen LogP contribution in [0.4, 0.5) is 18.9 Å². The van der Waals surface area contributed by atoms with Crippen molar-refractivity contribution < 1.29 is 13.2 Å². The molecule has 0 fully saturated rings. The number of rotatable bonds is 2. The van der Waals surface area contributed by atoms with Crippen LogP contribution >= 0.6 is 11.6 Å². The Balaban J connectivity index is 2.21. The standard InChI is InChI=1S/C13H13ClF3N/c14-11-7-6-9(13(15,16)17)8-12(11)18-10-4-2-1-3-5-10/h2,4,6-8,10,18H,1,3,5H2. The highest BCUT2D eigenvalue weighted by Gasteiger charge is 2.31. The van der Waals surface area contributed by atoms with Gasteiger partial charge >= 0.3 is 6.18 Å². The molecule has 1 aromatic rings. The van der Waals surface area contributed by atoms with E-state index in [0.717, 1.165) is 31.4 Å². The Morgan fingerprint density at radius 2 is 2.06 bits per heavy atom. The summed E-state index contributed by atoms with van der Waals surface area (Å²) in [5.41, 5.74) is -0.350. The molecule has 2 rings (SSSR count). The van der Waals surface area contributed by atoms with Crippen LogP contribution in [0.5, 0.6) is 0 Å². The predicted octanol–water partition coefficient (Wildman–Crippen LogP) is 4.88. The minimum atomic E-state index is -4.34. The molecule has 0 saturated heterocycles. The van der Waals surface area contributed by atoms with Crippen LogP contribution in [0, 0.1) is 0 Å². The van der Waals surface area contributed by atoms with E-state index in [1.165, 1.54) is 6.07 Å². The van der Waals surface area contributed by atoms with E-state index in [9.17, 15) is 13.2 Å². The lowest BCUT2D eigenvalue weighted by Gasteiger charge is -2.20. The monoisotopic (exact) mass is 275 g/mol. The molecule has 1 unspecified atom stereocenters. The molecule has 0 radical (unpaired) electrons. The first kappa shape index (κ1) is 13.3. The van der Waals surface area contributed by atoms with Crippen LogP contribution in [0.25, 0.3) is 0 Å². The second-order valence-electron chi connectivity index (χ2n) is 4.30. The average molecular weight is 276 g/mol. The molecule has 0 heterocycles. The normalized spacial score (nSPS) is 19.9. The van der Waals surface area contributed by atoms with Crippen LogP contribution in [-0.4, -0.2) is 6.04 Å². The third-order valence-corrected chi connectivity index (χ3v) is 3.22. The van der Waals surface area contributed by atoms with E-state index in [2.05, 4.69) is 5.32 Å². The minimum Gasteiger partial charge on any atom is -0.378 e. The number of hydrogen-bond acceptors (Lipinski definition) is 1. The van der Waals surface area contributed by atoms with E-state index < -0.39 is 11.7 Å². The fraction of sp³-hybridized carbons (Fsp3) is 0.385. The Kier molecular flexibility index (Phi) is 3.85. The summed E-state index contributed by atoms with van der Waals surface area (Å²) in [5.74, 6) is 0. The number of allylic oxidation sites excluding steroid dienone is 1. The van der Waals surface area contributed by atoms with Crippen LogP contribution in [0.2, 0.25) is 5.02 Å². The summed E-state index contributed by atoms with van der Waals surface area (Å²) < 4.78 is 37.8. The number of benzene rings is 1. The molecule has 1 aromatic carbocycles. The zero-order chi connectivity index (χ0) is 13.2. The predicted molar refractivity (Wildman–Crippen MR) is 66.9 cm³/mol. The number of alkyl halides is 3. The molecule has 0 aromatic heterocycles. The zero-order valence-corrected chi connectivity index (χ0v) is 10.4. The van der Waals surface area contributed by atoms with Crippen LogP contribution in [0.15, 0.2) is 30.4 Å². The summed E-state index contributed by atoms with van der Waals surface area (Å²) in [6.07, 6.45) is 2.62. The van der Waals surface area contributed by atoms with Crippen LogP contribution in [0.1, 0.15) is 24.8 Å². The summed E-state index contributed by atoms with van der Waals surface area (Å²) in [7, 11) is 0. The van der Waals surface area contributed by atoms with E-state index in [-0.39, 0.29) is 6.04 Å². The molecule has 5 heteroatoms. The van der Waals surface area contributed by atoms with E-state index in [1.807, 2.05) is 12.2 Å². The van der Waals surface area contributed by atoms with Gasteiger partial charge in [-0.15, -0.1) is 0 Å². The van der Waals surface area contributed by atoms with Crippen molar-refractivity contribution in [1.82, 2.24) is 0 Å². The van der Waals surface area contributed by atoms with Crippen LogP contribution in [-0.2, 0) is 6.18 Å². The fourth-order valence-corrected chi connectivity index (χ4v) is 2.12. The molecule has 0 aliphatic heterocycles. The van der Waals surface area contributed by atoms with Crippen molar-refractivity contribution in [2.24, 2.45) is 0 Å². The van der Waals surface area contributed by atoms with E-state index in [4.69, 9.17) is 11.6 Å². The first-order valence-corrected chi connectivity index (χ1v) is 6.14. The van der Waals surface area contributed by atoms with Crippen LogP contribution < -0.4 is 5.32 Å². The average Bonchev–Trinajstić information content (AvgIpc) is 2.32. The largest absolute Gasteiger partial charge is 0.416 e. The maximum Gasteiger partial charge on any atom is 0.416 e. The van der Waals surface area contributed by atoms with Gasteiger partial charge in [-0.3, -0.25) is 0 Å². The van der Waals surface area contributed by atoms with Crippen LogP contribution in [0.3, 0.4) is 0 Å². The van der Waals surface area contributed by atoms with Crippen molar-refractivity contribution >= 4 is 17.3 Å². The molecule has 1 aliphatic rings. The van der Waals surface area contributed by atoms with Crippen molar-refractivity contribution in [3.8, 4) is 0 Å². The van der Waals surface area contributed by atoms with Gasteiger partial charge in [-0.05, 0) is 37.5 Å². The number of halogens is 4. The van der Waals surface area contributed by atoms with Gasteiger partial charge in [0.25, 0.3) is 0 Å². The van der Waals surface area contributed by atoms with Gasteiger partial charge in [-0.2, -0.15) is 13.2 Å². The lowest BCUT2D eigenvalue weighted by molar-refractivity contribution is -0.137. The Bertz CT molecular complexity index is 454. The molecule has 18 heavy (non-hydrogen) atoms. The van der Waals surface area contributed by atoms with Crippen molar-refractivity contribution in [2.75, 3.05) is 5.32 Å². The van der Waals surface area contributed by atoms with E-state index in [1.54, 1.807) is 0 Å². The Morgan fingerprint density at radius 3 is 2.67 bits per heavy atom. The number of hydrogen-bond donors (Lipinski definition) is 1. The first-order chi connectivity index (χ1) is 8.47. The maximum absolute atomic E-state index is 12.6. The highest BCUT2D eigenvalue weighted by atomic mass is 35.5. The Hall–Kier alpha value is -1.16. The minimum absolute atomic E-state index is 0.0553. The SMILES string of the molecule is FC(F)(F)c1ccc(Cl)c(NC2C=CCCC2)c1. The Morgan fingerprint density at radius 1 is 1.28 bits per heavy atom. The van der Waals surface area contributed by atoms with Crippen molar-refractivity contribution in [3.05, 3.63) is 40.9 Å². The molecule has 98 valence electrons. The van der Waals surface area contributed by atoms with Gasteiger partial charge in [0, 0.05) is 6.04 Å². The van der Waals surface area contributed by atoms with Crippen molar-refractivity contribution in [3.63, 3.8) is 0 Å². The van der Waals surface area contributed by atoms with Gasteiger partial charge in [-0.25, -0.2) is 0 Å². The first-order valence-electron chi connectivity index (χ1n) is 5.77. The molecular weight excluding hydrogens is 263 g/mol. The molecule has 1 aliphatic carbocycles. The van der Waals surface area contributed by atoms with Gasteiger partial charge in [0.05, 0.1) is 16.3 Å². The quantitative estimate of drug-likeness (QED) is 0.759. The van der Waals surface area contributed by atoms with E-state index in [0.29, 0.717) is 10.7 Å². The second kappa shape index (κ2) is 5.22. The molecular formula is C13H13ClF3N. The number of nitrogens with one attached hydrogen (secondary N) is 1. The highest BCUT2D eigenvalue weighted by molar-refractivity contribution is 6.33. The summed E-state index contributed by atoms with van der Waals surface area (Å²) in [6.45, 7) is 0. The second-order valence-corrected chi connectivity index (χ2v) is 4.71. The zero-order valence-electron chi connectivity index (χ0n) is 9.60. The van der Waals surface area contributed by atoms with E-state index >= 15 is 0 Å². The van der Waals surface area contributed by atoms with Crippen molar-refractivity contribution in [2.45, 2.75) is 31.5 Å². The molecule has 0 amide bonds. The molecule has 0 saturated carbocycles. The third-order valence-electron chi connectivity index (χ3n) is 2.89. The third kappa shape index (κ3) is 3.19. The molecule has 0 bridgehead atoms.